The average molecular weight is 245 g/mol. The van der Waals surface area contributed by atoms with Crippen molar-refractivity contribution in [1.29, 1.82) is 5.26 Å². The van der Waals surface area contributed by atoms with Crippen molar-refractivity contribution in [2.75, 3.05) is 20.2 Å². The third kappa shape index (κ3) is 2.81. The second-order valence-corrected chi connectivity index (χ2v) is 4.98. The maximum Gasteiger partial charge on any atom is 0.123 e. The third-order valence-electron chi connectivity index (χ3n) is 3.48. The van der Waals surface area contributed by atoms with Gasteiger partial charge in [0, 0.05) is 24.2 Å². The second-order valence-electron chi connectivity index (χ2n) is 4.98. The molecule has 0 aromatic heterocycles. The number of nitrogens with one attached hydrogen (secondary N) is 2. The summed E-state index contributed by atoms with van der Waals surface area (Å²) in [6, 6.07) is 7.68. The lowest BCUT2D eigenvalue weighted by molar-refractivity contribution is 0.372. The topological polar surface area (TPSA) is 57.1 Å². The fourth-order valence-corrected chi connectivity index (χ4v) is 2.26. The van der Waals surface area contributed by atoms with Crippen LogP contribution in [0.1, 0.15) is 24.5 Å². The first-order valence-corrected chi connectivity index (χ1v) is 6.20. The summed E-state index contributed by atoms with van der Waals surface area (Å²) in [6.45, 7) is 4.97. The Balaban J connectivity index is 2.10. The van der Waals surface area contributed by atoms with Crippen LogP contribution < -0.4 is 15.4 Å². The molecule has 1 aromatic rings. The van der Waals surface area contributed by atoms with E-state index in [1.165, 1.54) is 0 Å². The number of ether oxygens (including phenoxy) is 1. The molecule has 18 heavy (non-hydrogen) atoms. The molecule has 0 spiro atoms. The number of hydrogen-bond donors (Lipinski definition) is 2. The smallest absolute Gasteiger partial charge is 0.123 e. The molecule has 1 heterocycles. The van der Waals surface area contributed by atoms with E-state index in [0.717, 1.165) is 37.4 Å². The van der Waals surface area contributed by atoms with Gasteiger partial charge in [0.15, 0.2) is 0 Å². The molecular formula is C14H19N3O. The number of hydrogen-bond acceptors (Lipinski definition) is 4. The highest BCUT2D eigenvalue weighted by molar-refractivity contribution is 5.42. The summed E-state index contributed by atoms with van der Waals surface area (Å²) in [5.41, 5.74) is 1.83. The summed E-state index contributed by atoms with van der Waals surface area (Å²) >= 11 is 0. The SMILES string of the molecule is COc1ccc(C#N)cc1CNC1(C)CCNC1. The Kier molecular flexibility index (Phi) is 3.85. The molecule has 4 heteroatoms. The number of methoxy groups -OCH3 is 1. The van der Waals surface area contributed by atoms with E-state index in [1.54, 1.807) is 13.2 Å². The zero-order valence-electron chi connectivity index (χ0n) is 10.9. The van der Waals surface area contributed by atoms with Crippen molar-refractivity contribution >= 4 is 0 Å². The zero-order chi connectivity index (χ0) is 13.0. The predicted octanol–water partition coefficient (Wildman–Crippen LogP) is 1.41. The molecule has 1 aliphatic heterocycles. The summed E-state index contributed by atoms with van der Waals surface area (Å²) in [5, 5.41) is 15.8. The number of nitrogens with zero attached hydrogens (tertiary/aromatic N) is 1. The molecule has 0 aliphatic carbocycles. The van der Waals surface area contributed by atoms with Crippen molar-refractivity contribution in [2.45, 2.75) is 25.4 Å². The van der Waals surface area contributed by atoms with Crippen molar-refractivity contribution in [1.82, 2.24) is 10.6 Å². The maximum absolute atomic E-state index is 8.93. The fourth-order valence-electron chi connectivity index (χ4n) is 2.26. The lowest BCUT2D eigenvalue weighted by Crippen LogP contribution is -2.43. The zero-order valence-corrected chi connectivity index (χ0v) is 10.9. The molecule has 1 fully saturated rings. The average Bonchev–Trinajstić information content (AvgIpc) is 2.83. The van der Waals surface area contributed by atoms with E-state index in [9.17, 15) is 0 Å². The van der Waals surface area contributed by atoms with Crippen molar-refractivity contribution < 1.29 is 4.74 Å². The standard InChI is InChI=1S/C14H19N3O/c1-14(5-6-16-10-14)17-9-12-7-11(8-15)3-4-13(12)18-2/h3-4,7,16-17H,5-6,9-10H2,1-2H3. The Bertz CT molecular complexity index is 459. The highest BCUT2D eigenvalue weighted by atomic mass is 16.5. The van der Waals surface area contributed by atoms with Gasteiger partial charge in [0.05, 0.1) is 18.7 Å². The minimum atomic E-state index is 0.133. The van der Waals surface area contributed by atoms with Gasteiger partial charge in [0.25, 0.3) is 0 Å². The molecular weight excluding hydrogens is 226 g/mol. The molecule has 2 rings (SSSR count). The normalized spacial score (nSPS) is 22.7. The first-order valence-electron chi connectivity index (χ1n) is 6.20. The fraction of sp³-hybridized carbons (Fsp3) is 0.500. The predicted molar refractivity (Wildman–Crippen MR) is 70.4 cm³/mol. The van der Waals surface area contributed by atoms with Crippen LogP contribution >= 0.6 is 0 Å². The van der Waals surface area contributed by atoms with Crippen LogP contribution in [-0.2, 0) is 6.54 Å². The molecule has 2 N–H and O–H groups in total. The monoisotopic (exact) mass is 245 g/mol. The Morgan fingerprint density at radius 2 is 2.39 bits per heavy atom. The summed E-state index contributed by atoms with van der Waals surface area (Å²) in [5.74, 6) is 0.830. The van der Waals surface area contributed by atoms with E-state index >= 15 is 0 Å². The molecule has 0 amide bonds. The van der Waals surface area contributed by atoms with Gasteiger partial charge in [-0.1, -0.05) is 0 Å². The van der Waals surface area contributed by atoms with E-state index in [-0.39, 0.29) is 5.54 Å². The summed E-state index contributed by atoms with van der Waals surface area (Å²) in [4.78, 5) is 0. The van der Waals surface area contributed by atoms with Crippen LogP contribution in [0.5, 0.6) is 5.75 Å². The molecule has 1 aliphatic rings. The Morgan fingerprint density at radius 3 is 3.00 bits per heavy atom. The Morgan fingerprint density at radius 1 is 1.56 bits per heavy atom. The van der Waals surface area contributed by atoms with Gasteiger partial charge >= 0.3 is 0 Å². The molecule has 0 saturated carbocycles. The van der Waals surface area contributed by atoms with E-state index in [0.29, 0.717) is 5.56 Å². The lowest BCUT2D eigenvalue weighted by Gasteiger charge is -2.25. The molecule has 0 bridgehead atoms. The molecule has 1 saturated heterocycles. The van der Waals surface area contributed by atoms with Gasteiger partial charge in [0.1, 0.15) is 5.75 Å². The Hall–Kier alpha value is -1.57. The minimum absolute atomic E-state index is 0.133. The van der Waals surface area contributed by atoms with Crippen LogP contribution in [0.4, 0.5) is 0 Å². The van der Waals surface area contributed by atoms with Crippen LogP contribution in [0.15, 0.2) is 18.2 Å². The number of benzene rings is 1. The van der Waals surface area contributed by atoms with Crippen LogP contribution in [-0.4, -0.2) is 25.7 Å². The van der Waals surface area contributed by atoms with Crippen LogP contribution in [0, 0.1) is 11.3 Å². The summed E-state index contributed by atoms with van der Waals surface area (Å²) < 4.78 is 5.33. The minimum Gasteiger partial charge on any atom is -0.496 e. The second kappa shape index (κ2) is 5.38. The maximum atomic E-state index is 8.93. The van der Waals surface area contributed by atoms with Crippen molar-refractivity contribution in [3.05, 3.63) is 29.3 Å². The van der Waals surface area contributed by atoms with E-state index in [1.807, 2.05) is 12.1 Å². The molecule has 1 aromatic carbocycles. The van der Waals surface area contributed by atoms with E-state index in [4.69, 9.17) is 10.00 Å². The molecule has 4 nitrogen and oxygen atoms in total. The van der Waals surface area contributed by atoms with Gasteiger partial charge in [-0.05, 0) is 38.1 Å². The third-order valence-corrected chi connectivity index (χ3v) is 3.48. The van der Waals surface area contributed by atoms with Crippen LogP contribution in [0.2, 0.25) is 0 Å². The molecule has 1 unspecified atom stereocenters. The van der Waals surface area contributed by atoms with Crippen molar-refractivity contribution in [3.63, 3.8) is 0 Å². The quantitative estimate of drug-likeness (QED) is 0.842. The number of nitriles is 1. The van der Waals surface area contributed by atoms with Gasteiger partial charge in [-0.3, -0.25) is 0 Å². The first-order chi connectivity index (χ1) is 8.67. The Labute approximate surface area is 108 Å². The number of rotatable bonds is 4. The molecule has 96 valence electrons. The van der Waals surface area contributed by atoms with Gasteiger partial charge < -0.3 is 15.4 Å². The molecule has 0 radical (unpaired) electrons. The van der Waals surface area contributed by atoms with Crippen LogP contribution in [0.25, 0.3) is 0 Å². The first kappa shape index (κ1) is 12.9. The van der Waals surface area contributed by atoms with Gasteiger partial charge in [0.2, 0.25) is 0 Å². The summed E-state index contributed by atoms with van der Waals surface area (Å²) in [7, 11) is 1.66. The summed E-state index contributed by atoms with van der Waals surface area (Å²) in [6.07, 6.45) is 1.12. The van der Waals surface area contributed by atoms with Crippen molar-refractivity contribution in [2.24, 2.45) is 0 Å². The van der Waals surface area contributed by atoms with Crippen molar-refractivity contribution in [3.8, 4) is 11.8 Å². The van der Waals surface area contributed by atoms with E-state index < -0.39 is 0 Å². The largest absolute Gasteiger partial charge is 0.496 e. The van der Waals surface area contributed by atoms with Gasteiger partial charge in [-0.25, -0.2) is 0 Å². The highest BCUT2D eigenvalue weighted by Gasteiger charge is 2.27. The van der Waals surface area contributed by atoms with Crippen LogP contribution in [0.3, 0.4) is 0 Å². The molecule has 1 atom stereocenters. The highest BCUT2D eigenvalue weighted by Crippen LogP contribution is 2.21. The lowest BCUT2D eigenvalue weighted by atomic mass is 10.0. The van der Waals surface area contributed by atoms with E-state index in [2.05, 4.69) is 23.6 Å². The van der Waals surface area contributed by atoms with Gasteiger partial charge in [-0.15, -0.1) is 0 Å². The van der Waals surface area contributed by atoms with Gasteiger partial charge in [-0.2, -0.15) is 5.26 Å².